The van der Waals surface area contributed by atoms with Crippen molar-refractivity contribution in [2.24, 2.45) is 0 Å². The van der Waals surface area contributed by atoms with Crippen molar-refractivity contribution in [1.29, 1.82) is 5.26 Å². The molecular formula is C21H23N3O2. The third kappa shape index (κ3) is 5.83. The molecule has 26 heavy (non-hydrogen) atoms. The first-order valence-electron chi connectivity index (χ1n) is 8.55. The lowest BCUT2D eigenvalue weighted by atomic mass is 10.0. The zero-order valence-electron chi connectivity index (χ0n) is 15.2. The third-order valence-electron chi connectivity index (χ3n) is 3.96. The summed E-state index contributed by atoms with van der Waals surface area (Å²) in [6, 6.07) is 15.6. The van der Waals surface area contributed by atoms with E-state index in [4.69, 9.17) is 5.26 Å². The Hall–Kier alpha value is -2.97. The maximum Gasteiger partial charge on any atom is 0.224 e. The fraction of sp³-hybridized carbons (Fsp3) is 0.286. The molecule has 0 bridgehead atoms. The highest BCUT2D eigenvalue weighted by atomic mass is 16.1. The molecule has 5 nitrogen and oxygen atoms in total. The fourth-order valence-corrected chi connectivity index (χ4v) is 2.51. The number of benzene rings is 2. The maximum absolute atomic E-state index is 12.4. The largest absolute Gasteiger partial charge is 0.356 e. The van der Waals surface area contributed by atoms with Crippen LogP contribution in [0.2, 0.25) is 0 Å². The lowest BCUT2D eigenvalue weighted by Gasteiger charge is -2.10. The van der Waals surface area contributed by atoms with Crippen LogP contribution in [0.1, 0.15) is 33.5 Å². The van der Waals surface area contributed by atoms with Gasteiger partial charge in [-0.25, -0.2) is 0 Å². The van der Waals surface area contributed by atoms with Crippen LogP contribution >= 0.6 is 0 Å². The minimum absolute atomic E-state index is 0.0186. The molecule has 1 N–H and O–H groups in total. The lowest BCUT2D eigenvalue weighted by Crippen LogP contribution is -2.28. The van der Waals surface area contributed by atoms with E-state index in [2.05, 4.69) is 10.2 Å². The smallest absolute Gasteiger partial charge is 0.224 e. The van der Waals surface area contributed by atoms with Gasteiger partial charge in [0, 0.05) is 17.7 Å². The molecule has 0 aromatic heterocycles. The molecule has 0 radical (unpaired) electrons. The summed E-state index contributed by atoms with van der Waals surface area (Å²) in [4.78, 5) is 26.5. The van der Waals surface area contributed by atoms with Crippen molar-refractivity contribution in [2.75, 3.05) is 27.2 Å². The Balaban J connectivity index is 1.90. The van der Waals surface area contributed by atoms with E-state index in [9.17, 15) is 9.59 Å². The summed E-state index contributed by atoms with van der Waals surface area (Å²) < 4.78 is 0. The molecule has 1 amide bonds. The molecule has 2 rings (SSSR count). The maximum atomic E-state index is 12.4. The van der Waals surface area contributed by atoms with Crippen molar-refractivity contribution in [1.82, 2.24) is 10.2 Å². The zero-order valence-corrected chi connectivity index (χ0v) is 15.2. The molecule has 0 saturated heterocycles. The summed E-state index contributed by atoms with van der Waals surface area (Å²) in [5.74, 6) is -0.121. The van der Waals surface area contributed by atoms with Crippen LogP contribution in [-0.4, -0.2) is 43.8 Å². The van der Waals surface area contributed by atoms with Gasteiger partial charge in [0.05, 0.1) is 18.1 Å². The molecule has 0 fully saturated rings. The van der Waals surface area contributed by atoms with Crippen molar-refractivity contribution in [3.63, 3.8) is 0 Å². The van der Waals surface area contributed by atoms with Gasteiger partial charge < -0.3 is 10.2 Å². The number of rotatable bonds is 8. The second-order valence-corrected chi connectivity index (χ2v) is 6.40. The second kappa shape index (κ2) is 9.50. The van der Waals surface area contributed by atoms with Gasteiger partial charge in [0.2, 0.25) is 5.91 Å². The zero-order chi connectivity index (χ0) is 18.9. The Bertz CT molecular complexity index is 788. The molecule has 0 aliphatic carbocycles. The minimum atomic E-state index is -0.103. The summed E-state index contributed by atoms with van der Waals surface area (Å²) in [5.41, 5.74) is 2.49. The molecule has 5 heteroatoms. The fourth-order valence-electron chi connectivity index (χ4n) is 2.51. The molecule has 2 aromatic rings. The number of hydrogen-bond donors (Lipinski definition) is 1. The first-order chi connectivity index (χ1) is 12.5. The highest BCUT2D eigenvalue weighted by molar-refractivity contribution is 6.09. The van der Waals surface area contributed by atoms with Gasteiger partial charge in [0.15, 0.2) is 5.78 Å². The molecule has 0 aliphatic rings. The number of nitrogens with one attached hydrogen (secondary N) is 1. The summed E-state index contributed by atoms with van der Waals surface area (Å²) in [6.45, 7) is 1.60. The molecule has 0 spiro atoms. The predicted octanol–water partition coefficient (Wildman–Crippen LogP) is 2.40. The van der Waals surface area contributed by atoms with Crippen LogP contribution < -0.4 is 5.32 Å². The molecular weight excluding hydrogens is 326 g/mol. The number of hydrogen-bond acceptors (Lipinski definition) is 4. The van der Waals surface area contributed by atoms with Gasteiger partial charge in [-0.05, 0) is 56.9 Å². The van der Waals surface area contributed by atoms with E-state index in [1.54, 1.807) is 48.5 Å². The van der Waals surface area contributed by atoms with Crippen LogP contribution in [-0.2, 0) is 11.2 Å². The molecule has 0 atom stereocenters. The summed E-state index contributed by atoms with van der Waals surface area (Å²) in [7, 11) is 4.01. The molecule has 0 aliphatic heterocycles. The van der Waals surface area contributed by atoms with Gasteiger partial charge in [0.1, 0.15) is 0 Å². The Morgan fingerprint density at radius 3 is 2.12 bits per heavy atom. The monoisotopic (exact) mass is 349 g/mol. The number of ketones is 1. The van der Waals surface area contributed by atoms with Gasteiger partial charge in [-0.1, -0.05) is 24.3 Å². The Kier molecular flexibility index (Phi) is 7.07. The SMILES string of the molecule is CN(C)CCCNC(=O)Cc1ccc(C(=O)c2ccc(C#N)cc2)cc1. The van der Waals surface area contributed by atoms with Crippen LogP contribution in [0.5, 0.6) is 0 Å². The average molecular weight is 349 g/mol. The van der Waals surface area contributed by atoms with Crippen LogP contribution in [0.15, 0.2) is 48.5 Å². The lowest BCUT2D eigenvalue weighted by molar-refractivity contribution is -0.120. The van der Waals surface area contributed by atoms with Crippen molar-refractivity contribution in [2.45, 2.75) is 12.8 Å². The second-order valence-electron chi connectivity index (χ2n) is 6.40. The number of carbonyl (C=O) groups excluding carboxylic acids is 2. The minimum Gasteiger partial charge on any atom is -0.356 e. The first kappa shape index (κ1) is 19.4. The predicted molar refractivity (Wildman–Crippen MR) is 101 cm³/mol. The van der Waals surface area contributed by atoms with E-state index >= 15 is 0 Å². The highest BCUT2D eigenvalue weighted by Crippen LogP contribution is 2.12. The van der Waals surface area contributed by atoms with E-state index in [0.29, 0.717) is 29.7 Å². The van der Waals surface area contributed by atoms with E-state index in [1.807, 2.05) is 20.2 Å². The Labute approximate surface area is 154 Å². The third-order valence-corrected chi connectivity index (χ3v) is 3.96. The highest BCUT2D eigenvalue weighted by Gasteiger charge is 2.10. The summed E-state index contributed by atoms with van der Waals surface area (Å²) in [6.07, 6.45) is 1.21. The summed E-state index contributed by atoms with van der Waals surface area (Å²) in [5, 5.41) is 11.7. The van der Waals surface area contributed by atoms with E-state index in [1.165, 1.54) is 0 Å². The number of nitrogens with zero attached hydrogens (tertiary/aromatic N) is 2. The van der Waals surface area contributed by atoms with E-state index in [-0.39, 0.29) is 11.7 Å². The van der Waals surface area contributed by atoms with Gasteiger partial charge in [0.25, 0.3) is 0 Å². The first-order valence-corrected chi connectivity index (χ1v) is 8.55. The van der Waals surface area contributed by atoms with Crippen LogP contribution in [0.4, 0.5) is 0 Å². The Morgan fingerprint density at radius 2 is 1.58 bits per heavy atom. The van der Waals surface area contributed by atoms with Crippen LogP contribution in [0.25, 0.3) is 0 Å². The van der Waals surface area contributed by atoms with Gasteiger partial charge in [-0.3, -0.25) is 9.59 Å². The average Bonchev–Trinajstić information content (AvgIpc) is 2.65. The van der Waals surface area contributed by atoms with Crippen molar-refractivity contribution >= 4 is 11.7 Å². The van der Waals surface area contributed by atoms with Gasteiger partial charge in [-0.2, -0.15) is 5.26 Å². The van der Waals surface area contributed by atoms with Gasteiger partial charge >= 0.3 is 0 Å². The van der Waals surface area contributed by atoms with Crippen LogP contribution in [0, 0.1) is 11.3 Å². The summed E-state index contributed by atoms with van der Waals surface area (Å²) >= 11 is 0. The Morgan fingerprint density at radius 1 is 1.00 bits per heavy atom. The normalized spacial score (nSPS) is 10.4. The van der Waals surface area contributed by atoms with E-state index in [0.717, 1.165) is 18.5 Å². The molecule has 2 aromatic carbocycles. The van der Waals surface area contributed by atoms with Gasteiger partial charge in [-0.15, -0.1) is 0 Å². The standard InChI is InChI=1S/C21H23N3O2/c1-24(2)13-3-12-23-20(25)14-16-4-8-18(9-5-16)21(26)19-10-6-17(15-22)7-11-19/h4-11H,3,12-14H2,1-2H3,(H,23,25). The molecule has 0 heterocycles. The molecule has 134 valence electrons. The van der Waals surface area contributed by atoms with Crippen molar-refractivity contribution < 1.29 is 9.59 Å². The molecule has 0 unspecified atom stereocenters. The number of carbonyl (C=O) groups is 2. The van der Waals surface area contributed by atoms with Crippen molar-refractivity contribution in [3.8, 4) is 6.07 Å². The van der Waals surface area contributed by atoms with Crippen molar-refractivity contribution in [3.05, 3.63) is 70.8 Å². The molecule has 0 saturated carbocycles. The quantitative estimate of drug-likeness (QED) is 0.587. The topological polar surface area (TPSA) is 73.2 Å². The number of nitriles is 1. The van der Waals surface area contributed by atoms with E-state index < -0.39 is 0 Å². The number of amides is 1. The van der Waals surface area contributed by atoms with Crippen LogP contribution in [0.3, 0.4) is 0 Å².